The van der Waals surface area contributed by atoms with Gasteiger partial charge in [0, 0.05) is 17.0 Å². The highest BCUT2D eigenvalue weighted by Gasteiger charge is 2.21. The molecule has 4 heteroatoms. The number of rotatable bonds is 7. The van der Waals surface area contributed by atoms with Crippen LogP contribution in [-0.2, 0) is 6.42 Å². The van der Waals surface area contributed by atoms with Crippen molar-refractivity contribution in [1.82, 2.24) is 10.2 Å². The van der Waals surface area contributed by atoms with Crippen molar-refractivity contribution in [3.05, 3.63) is 20.8 Å². The minimum atomic E-state index is 0.533. The van der Waals surface area contributed by atoms with Crippen molar-refractivity contribution in [1.29, 1.82) is 0 Å². The fourth-order valence-corrected chi connectivity index (χ4v) is 4.14. The lowest BCUT2D eigenvalue weighted by Crippen LogP contribution is -2.29. The molecule has 2 rings (SSSR count). The Morgan fingerprint density at radius 1 is 1.45 bits per heavy atom. The molecule has 2 nitrogen and oxygen atoms in total. The van der Waals surface area contributed by atoms with Crippen molar-refractivity contribution in [2.24, 2.45) is 0 Å². The van der Waals surface area contributed by atoms with E-state index in [0.29, 0.717) is 12.1 Å². The molecular weight excluding hydrogens is 288 g/mol. The van der Waals surface area contributed by atoms with Gasteiger partial charge in [0.2, 0.25) is 0 Å². The summed E-state index contributed by atoms with van der Waals surface area (Å²) in [6.45, 7) is 6.81. The Balaban J connectivity index is 1.70. The average molecular weight is 315 g/mol. The molecule has 1 aromatic heterocycles. The van der Waals surface area contributed by atoms with Gasteiger partial charge in [-0.2, -0.15) is 0 Å². The van der Waals surface area contributed by atoms with E-state index in [9.17, 15) is 0 Å². The van der Waals surface area contributed by atoms with Crippen molar-refractivity contribution in [2.45, 2.75) is 58.0 Å². The van der Waals surface area contributed by atoms with Gasteiger partial charge in [-0.1, -0.05) is 11.6 Å². The van der Waals surface area contributed by atoms with E-state index in [1.807, 2.05) is 0 Å². The molecular formula is C16H27ClN2S. The Labute approximate surface area is 132 Å². The second-order valence-corrected chi connectivity index (χ2v) is 7.88. The van der Waals surface area contributed by atoms with Gasteiger partial charge in [-0.25, -0.2) is 0 Å². The van der Waals surface area contributed by atoms with Crippen LogP contribution in [-0.4, -0.2) is 31.1 Å². The van der Waals surface area contributed by atoms with Crippen molar-refractivity contribution < 1.29 is 0 Å². The summed E-state index contributed by atoms with van der Waals surface area (Å²) in [6.07, 6.45) is 6.28. The van der Waals surface area contributed by atoms with E-state index >= 15 is 0 Å². The Hall–Kier alpha value is -0.0900. The van der Waals surface area contributed by atoms with Gasteiger partial charge < -0.3 is 10.2 Å². The van der Waals surface area contributed by atoms with Gasteiger partial charge in [-0.3, -0.25) is 0 Å². The van der Waals surface area contributed by atoms with E-state index in [0.717, 1.165) is 10.9 Å². The molecule has 0 aliphatic heterocycles. The molecule has 1 heterocycles. The number of hydrogen-bond acceptors (Lipinski definition) is 3. The van der Waals surface area contributed by atoms with E-state index in [-0.39, 0.29) is 0 Å². The Morgan fingerprint density at radius 3 is 3.00 bits per heavy atom. The highest BCUT2D eigenvalue weighted by Crippen LogP contribution is 2.37. The maximum absolute atomic E-state index is 6.15. The normalized spacial score (nSPS) is 18.8. The number of aryl methyl sites for hydroxylation is 1. The largest absolute Gasteiger partial charge is 0.310 e. The first-order valence-corrected chi connectivity index (χ1v) is 8.99. The van der Waals surface area contributed by atoms with Crippen LogP contribution in [0.25, 0.3) is 0 Å². The third kappa shape index (κ3) is 4.45. The lowest BCUT2D eigenvalue weighted by atomic mass is 9.94. The van der Waals surface area contributed by atoms with Gasteiger partial charge >= 0.3 is 0 Å². The molecule has 0 spiro atoms. The molecule has 0 bridgehead atoms. The summed E-state index contributed by atoms with van der Waals surface area (Å²) in [5.41, 5.74) is 1.46. The molecule has 0 radical (unpaired) electrons. The lowest BCUT2D eigenvalue weighted by molar-refractivity contribution is 0.267. The number of thiophene rings is 1. The predicted molar refractivity (Wildman–Crippen MR) is 90.0 cm³/mol. The molecule has 0 saturated heterocycles. The summed E-state index contributed by atoms with van der Waals surface area (Å²) in [4.78, 5) is 3.91. The van der Waals surface area contributed by atoms with E-state index in [2.05, 4.69) is 37.2 Å². The summed E-state index contributed by atoms with van der Waals surface area (Å²) < 4.78 is 0.947. The third-order valence-corrected chi connectivity index (χ3v) is 5.63. The molecule has 0 aromatic carbocycles. The first-order chi connectivity index (χ1) is 9.58. The molecule has 1 aromatic rings. The summed E-state index contributed by atoms with van der Waals surface area (Å²) in [7, 11) is 2.21. The van der Waals surface area contributed by atoms with Crippen LogP contribution >= 0.6 is 22.9 Å². The molecule has 0 saturated carbocycles. The number of hydrogen-bond donors (Lipinski definition) is 1. The molecule has 1 unspecified atom stereocenters. The number of nitrogens with one attached hydrogen (secondary N) is 1. The number of halogens is 1. The summed E-state index contributed by atoms with van der Waals surface area (Å²) in [5.74, 6) is 0. The molecule has 0 fully saturated rings. The minimum Gasteiger partial charge on any atom is -0.310 e. The summed E-state index contributed by atoms with van der Waals surface area (Å²) in [6, 6.07) is 3.35. The van der Waals surface area contributed by atoms with Gasteiger partial charge in [-0.05, 0) is 77.7 Å². The first-order valence-electron chi connectivity index (χ1n) is 7.79. The average Bonchev–Trinajstić information content (AvgIpc) is 2.79. The Kier molecular flexibility index (Phi) is 6.34. The topological polar surface area (TPSA) is 15.3 Å². The second-order valence-electron chi connectivity index (χ2n) is 6.11. The van der Waals surface area contributed by atoms with Gasteiger partial charge in [0.05, 0.1) is 4.34 Å². The molecule has 1 N–H and O–H groups in total. The van der Waals surface area contributed by atoms with E-state index in [1.165, 1.54) is 49.1 Å². The standard InChI is InChI=1S/C16H27ClN2S/c1-12(2)19(3)10-5-4-9-18-14-7-6-8-15-13(14)11-16(17)20-15/h11-12,14,18H,4-10H2,1-3H3. The predicted octanol–water partition coefficient (Wildman–Crippen LogP) is 4.49. The summed E-state index contributed by atoms with van der Waals surface area (Å²) in [5, 5.41) is 3.72. The Morgan fingerprint density at radius 2 is 2.25 bits per heavy atom. The molecule has 1 aliphatic carbocycles. The van der Waals surface area contributed by atoms with Gasteiger partial charge in [0.15, 0.2) is 0 Å². The van der Waals surface area contributed by atoms with Crippen LogP contribution in [0.3, 0.4) is 0 Å². The minimum absolute atomic E-state index is 0.533. The molecule has 1 atom stereocenters. The van der Waals surface area contributed by atoms with E-state index in [4.69, 9.17) is 11.6 Å². The second kappa shape index (κ2) is 7.79. The maximum Gasteiger partial charge on any atom is 0.0934 e. The highest BCUT2D eigenvalue weighted by atomic mass is 35.5. The SMILES string of the molecule is CC(C)N(C)CCCCNC1CCCc2sc(Cl)cc21. The smallest absolute Gasteiger partial charge is 0.0934 e. The van der Waals surface area contributed by atoms with Gasteiger partial charge in [0.1, 0.15) is 0 Å². The molecule has 0 amide bonds. The van der Waals surface area contributed by atoms with Crippen LogP contribution in [0.4, 0.5) is 0 Å². The van der Waals surface area contributed by atoms with Crippen LogP contribution in [0.1, 0.15) is 56.0 Å². The zero-order valence-corrected chi connectivity index (χ0v) is 14.5. The zero-order chi connectivity index (χ0) is 14.5. The highest BCUT2D eigenvalue weighted by molar-refractivity contribution is 7.16. The zero-order valence-electron chi connectivity index (χ0n) is 12.9. The molecule has 114 valence electrons. The van der Waals surface area contributed by atoms with Crippen LogP contribution in [0, 0.1) is 0 Å². The van der Waals surface area contributed by atoms with E-state index in [1.54, 1.807) is 11.3 Å². The van der Waals surface area contributed by atoms with Gasteiger partial charge in [-0.15, -0.1) is 11.3 Å². The summed E-state index contributed by atoms with van der Waals surface area (Å²) >= 11 is 7.91. The quantitative estimate of drug-likeness (QED) is 0.746. The van der Waals surface area contributed by atoms with Crippen molar-refractivity contribution in [3.8, 4) is 0 Å². The number of unbranched alkanes of at least 4 members (excludes halogenated alkanes) is 1. The van der Waals surface area contributed by atoms with Crippen LogP contribution in [0.5, 0.6) is 0 Å². The number of nitrogens with zero attached hydrogens (tertiary/aromatic N) is 1. The van der Waals surface area contributed by atoms with Crippen molar-refractivity contribution >= 4 is 22.9 Å². The van der Waals surface area contributed by atoms with Crippen molar-refractivity contribution in [3.63, 3.8) is 0 Å². The fraction of sp³-hybridized carbons (Fsp3) is 0.750. The van der Waals surface area contributed by atoms with Gasteiger partial charge in [0.25, 0.3) is 0 Å². The number of fused-ring (bicyclic) bond motifs is 1. The van der Waals surface area contributed by atoms with Crippen molar-refractivity contribution in [2.75, 3.05) is 20.1 Å². The molecule has 1 aliphatic rings. The van der Waals surface area contributed by atoms with E-state index < -0.39 is 0 Å². The third-order valence-electron chi connectivity index (χ3n) is 4.29. The van der Waals surface area contributed by atoms with Crippen LogP contribution in [0.2, 0.25) is 4.34 Å². The molecule has 20 heavy (non-hydrogen) atoms. The first kappa shape index (κ1) is 16.3. The van der Waals surface area contributed by atoms with Crippen LogP contribution < -0.4 is 5.32 Å². The Bertz CT molecular complexity index is 417. The fourth-order valence-electron chi connectivity index (χ4n) is 2.75. The van der Waals surface area contributed by atoms with Crippen LogP contribution in [0.15, 0.2) is 6.07 Å². The maximum atomic E-state index is 6.15. The monoisotopic (exact) mass is 314 g/mol. The lowest BCUT2D eigenvalue weighted by Gasteiger charge is -2.24.